The maximum absolute atomic E-state index is 13.0. The molecule has 4 aromatic heterocycles. The number of ether oxygens (including phenoxy) is 1. The van der Waals surface area contributed by atoms with Crippen molar-refractivity contribution in [1.82, 2.24) is 15.0 Å². The number of fused-ring (bicyclic) bond motifs is 1. The van der Waals surface area contributed by atoms with Crippen LogP contribution in [0.5, 0.6) is 5.75 Å². The first-order valence-electron chi connectivity index (χ1n) is 9.46. The number of aromatic nitrogens is 3. The van der Waals surface area contributed by atoms with Crippen molar-refractivity contribution in [3.63, 3.8) is 0 Å². The van der Waals surface area contributed by atoms with Crippen LogP contribution in [0.2, 0.25) is 0 Å². The van der Waals surface area contributed by atoms with Gasteiger partial charge in [0, 0.05) is 34.4 Å². The molecule has 0 spiro atoms. The van der Waals surface area contributed by atoms with Gasteiger partial charge in [-0.05, 0) is 47.3 Å². The Morgan fingerprint density at radius 1 is 0.967 bits per heavy atom. The predicted molar refractivity (Wildman–Crippen MR) is 120 cm³/mol. The summed E-state index contributed by atoms with van der Waals surface area (Å²) in [4.78, 5) is 25.4. The molecule has 0 aliphatic carbocycles. The zero-order chi connectivity index (χ0) is 20.3. The van der Waals surface area contributed by atoms with Crippen molar-refractivity contribution in [2.75, 3.05) is 0 Å². The molecule has 0 amide bonds. The van der Waals surface area contributed by atoms with Crippen LogP contribution < -0.4 is 10.3 Å². The maximum Gasteiger partial charge on any atom is 0.260 e. The molecule has 1 aromatic carbocycles. The Labute approximate surface area is 176 Å². The largest absolute Gasteiger partial charge is 0.486 e. The fourth-order valence-corrected chi connectivity index (χ4v) is 4.17. The Morgan fingerprint density at radius 2 is 1.93 bits per heavy atom. The summed E-state index contributed by atoms with van der Waals surface area (Å²) in [6.45, 7) is 0.273. The summed E-state index contributed by atoms with van der Waals surface area (Å²) in [5.74, 6) is 0.563. The average molecular weight is 411 g/mol. The molecule has 0 fully saturated rings. The molecule has 0 radical (unpaired) electrons. The van der Waals surface area contributed by atoms with E-state index < -0.39 is 0 Å². The molecule has 5 rings (SSSR count). The van der Waals surface area contributed by atoms with Gasteiger partial charge in [-0.15, -0.1) is 11.3 Å². The molecular weight excluding hydrogens is 394 g/mol. The summed E-state index contributed by atoms with van der Waals surface area (Å²) in [7, 11) is 0. The van der Waals surface area contributed by atoms with E-state index >= 15 is 0 Å². The lowest BCUT2D eigenvalue weighted by Crippen LogP contribution is -2.12. The lowest BCUT2D eigenvalue weighted by Gasteiger charge is -2.14. The third kappa shape index (κ3) is 3.49. The molecule has 0 unspecified atom stereocenters. The summed E-state index contributed by atoms with van der Waals surface area (Å²) < 4.78 is 6.24. The minimum Gasteiger partial charge on any atom is -0.486 e. The lowest BCUT2D eigenvalue weighted by molar-refractivity contribution is 0.306. The Hall–Kier alpha value is -3.77. The minimum absolute atomic E-state index is 0.171. The molecule has 30 heavy (non-hydrogen) atoms. The van der Waals surface area contributed by atoms with E-state index in [9.17, 15) is 4.79 Å². The highest BCUT2D eigenvalue weighted by atomic mass is 32.1. The fraction of sp³-hybridized carbons (Fsp3) is 0.0417. The van der Waals surface area contributed by atoms with E-state index in [1.807, 2.05) is 72.2 Å². The number of aromatic amines is 1. The lowest BCUT2D eigenvalue weighted by atomic mass is 10.0. The first-order chi connectivity index (χ1) is 14.8. The second-order valence-electron chi connectivity index (χ2n) is 6.75. The monoisotopic (exact) mass is 411 g/mol. The number of hydrogen-bond donors (Lipinski definition) is 1. The second-order valence-corrected chi connectivity index (χ2v) is 7.70. The van der Waals surface area contributed by atoms with Crippen molar-refractivity contribution < 1.29 is 4.74 Å². The van der Waals surface area contributed by atoms with E-state index in [-0.39, 0.29) is 12.2 Å². The van der Waals surface area contributed by atoms with Gasteiger partial charge in [0.2, 0.25) is 0 Å². The van der Waals surface area contributed by atoms with Crippen LogP contribution in [-0.2, 0) is 6.61 Å². The van der Waals surface area contributed by atoms with E-state index in [1.54, 1.807) is 12.4 Å². The van der Waals surface area contributed by atoms with Crippen molar-refractivity contribution in [3.05, 3.63) is 101 Å². The third-order valence-electron chi connectivity index (χ3n) is 4.82. The van der Waals surface area contributed by atoms with Crippen LogP contribution in [0.4, 0.5) is 0 Å². The molecule has 1 N–H and O–H groups in total. The van der Waals surface area contributed by atoms with Gasteiger partial charge in [0.15, 0.2) is 0 Å². The van der Waals surface area contributed by atoms with Gasteiger partial charge in [0.05, 0.1) is 16.8 Å². The quantitative estimate of drug-likeness (QED) is 0.427. The summed E-state index contributed by atoms with van der Waals surface area (Å²) in [5.41, 5.74) is 3.89. The molecule has 6 heteroatoms. The van der Waals surface area contributed by atoms with Crippen LogP contribution in [0.25, 0.3) is 32.5 Å². The molecule has 0 saturated carbocycles. The number of rotatable bonds is 5. The number of hydrogen-bond acceptors (Lipinski definition) is 5. The zero-order valence-electron chi connectivity index (χ0n) is 15.9. The number of thiophene rings is 1. The normalized spacial score (nSPS) is 10.9. The summed E-state index contributed by atoms with van der Waals surface area (Å²) in [6, 6.07) is 19.4. The smallest absolute Gasteiger partial charge is 0.260 e. The number of benzene rings is 1. The summed E-state index contributed by atoms with van der Waals surface area (Å²) in [6.07, 6.45) is 5.30. The highest BCUT2D eigenvalue weighted by Gasteiger charge is 2.18. The molecule has 146 valence electrons. The molecule has 0 bridgehead atoms. The van der Waals surface area contributed by atoms with Crippen LogP contribution in [0.1, 0.15) is 5.69 Å². The standard InChI is InChI=1S/C24H17N3O2S/c28-24-22(21-7-4-12-30-21)23(29-15-18-6-1-2-11-26-18)19-13-16(8-9-20(19)27-24)17-5-3-10-25-14-17/h1-14H,15H2,(H,27,28). The minimum atomic E-state index is -0.171. The highest BCUT2D eigenvalue weighted by Crippen LogP contribution is 2.37. The fourth-order valence-electron chi connectivity index (χ4n) is 3.40. The van der Waals surface area contributed by atoms with E-state index in [1.165, 1.54) is 11.3 Å². The zero-order valence-corrected chi connectivity index (χ0v) is 16.7. The first kappa shape index (κ1) is 18.3. The van der Waals surface area contributed by atoms with Crippen molar-refractivity contribution >= 4 is 22.2 Å². The average Bonchev–Trinajstić information content (AvgIpc) is 3.32. The van der Waals surface area contributed by atoms with E-state index in [0.717, 1.165) is 32.6 Å². The van der Waals surface area contributed by atoms with Crippen LogP contribution in [0, 0.1) is 0 Å². The molecule has 0 atom stereocenters. The van der Waals surface area contributed by atoms with Crippen LogP contribution >= 0.6 is 11.3 Å². The van der Waals surface area contributed by atoms with Gasteiger partial charge in [-0.2, -0.15) is 0 Å². The molecule has 4 heterocycles. The van der Waals surface area contributed by atoms with Crippen LogP contribution in [-0.4, -0.2) is 15.0 Å². The predicted octanol–water partition coefficient (Wildman–Crippen LogP) is 5.29. The molecule has 0 saturated heterocycles. The SMILES string of the molecule is O=c1[nH]c2ccc(-c3cccnc3)cc2c(OCc2ccccn2)c1-c1cccs1. The van der Waals surface area contributed by atoms with Crippen LogP contribution in [0.15, 0.2) is 89.4 Å². The van der Waals surface area contributed by atoms with E-state index in [0.29, 0.717) is 11.3 Å². The number of nitrogens with zero attached hydrogens (tertiary/aromatic N) is 2. The Balaban J connectivity index is 1.70. The van der Waals surface area contributed by atoms with Gasteiger partial charge in [-0.1, -0.05) is 24.3 Å². The van der Waals surface area contributed by atoms with Gasteiger partial charge in [-0.3, -0.25) is 14.8 Å². The number of pyridine rings is 3. The molecule has 0 aliphatic rings. The van der Waals surface area contributed by atoms with Gasteiger partial charge < -0.3 is 9.72 Å². The van der Waals surface area contributed by atoms with E-state index in [4.69, 9.17) is 4.74 Å². The van der Waals surface area contributed by atoms with E-state index in [2.05, 4.69) is 15.0 Å². The second kappa shape index (κ2) is 7.93. The third-order valence-corrected chi connectivity index (χ3v) is 5.71. The maximum atomic E-state index is 13.0. The molecule has 0 aliphatic heterocycles. The van der Waals surface area contributed by atoms with Crippen molar-refractivity contribution in [3.8, 4) is 27.3 Å². The number of nitrogens with one attached hydrogen (secondary N) is 1. The van der Waals surface area contributed by atoms with Gasteiger partial charge in [0.1, 0.15) is 12.4 Å². The number of H-pyrrole nitrogens is 1. The first-order valence-corrected chi connectivity index (χ1v) is 10.3. The van der Waals surface area contributed by atoms with Crippen molar-refractivity contribution in [2.24, 2.45) is 0 Å². The van der Waals surface area contributed by atoms with Gasteiger partial charge in [-0.25, -0.2) is 0 Å². The summed E-state index contributed by atoms with van der Waals surface area (Å²) in [5, 5.41) is 2.79. The Kier molecular flexibility index (Phi) is 4.83. The van der Waals surface area contributed by atoms with Gasteiger partial charge >= 0.3 is 0 Å². The van der Waals surface area contributed by atoms with Crippen molar-refractivity contribution in [2.45, 2.75) is 6.61 Å². The van der Waals surface area contributed by atoms with Gasteiger partial charge in [0.25, 0.3) is 5.56 Å². The highest BCUT2D eigenvalue weighted by molar-refractivity contribution is 7.13. The van der Waals surface area contributed by atoms with Crippen molar-refractivity contribution in [1.29, 1.82) is 0 Å². The topological polar surface area (TPSA) is 67.9 Å². The summed E-state index contributed by atoms with van der Waals surface area (Å²) >= 11 is 1.51. The Morgan fingerprint density at radius 3 is 2.70 bits per heavy atom. The molecule has 5 aromatic rings. The molecular formula is C24H17N3O2S. The Bertz CT molecular complexity index is 1350. The molecule has 5 nitrogen and oxygen atoms in total. The van der Waals surface area contributed by atoms with Crippen LogP contribution in [0.3, 0.4) is 0 Å².